The monoisotopic (exact) mass is 686 g/mol. The van der Waals surface area contributed by atoms with Gasteiger partial charge in [0.2, 0.25) is 5.79 Å². The van der Waals surface area contributed by atoms with Gasteiger partial charge in [0.1, 0.15) is 98.2 Å². The number of aliphatic hydroxyl groups excluding tert-OH is 17. The Bertz CT molecular complexity index is 858. The van der Waals surface area contributed by atoms with E-state index < -0.39 is 150 Å². The number of hydrogen-bond donors (Lipinski definition) is 17. The summed E-state index contributed by atoms with van der Waals surface area (Å²) in [4.78, 5) is 0. The number of ether oxygens (including phenoxy) is 5. The summed E-state index contributed by atoms with van der Waals surface area (Å²) in [5.41, 5.74) is 0. The van der Waals surface area contributed by atoms with Gasteiger partial charge in [-0.3, -0.25) is 0 Å². The summed E-state index contributed by atoms with van der Waals surface area (Å²) < 4.78 is 26.4. The Morgan fingerprint density at radius 1 is 0.543 bits per heavy atom. The molecule has 3 fully saturated rings. The van der Waals surface area contributed by atoms with Gasteiger partial charge in [-0.25, -0.2) is 0 Å². The van der Waals surface area contributed by atoms with Crippen LogP contribution in [0.15, 0.2) is 0 Å². The zero-order valence-electron chi connectivity index (χ0n) is 24.2. The molecule has 0 bridgehead atoms. The molecule has 0 amide bonds. The first kappa shape index (κ1) is 41.3. The van der Waals surface area contributed by atoms with Crippen LogP contribution in [-0.2, 0) is 23.7 Å². The van der Waals surface area contributed by atoms with Crippen LogP contribution in [0, 0.1) is 0 Å². The first-order chi connectivity index (χ1) is 21.5. The SMILES string of the molecule is OC[C@@H](O)[C@@H](O)[C@H](O)[C@H](O)CO.OC[C@H]1O[C@H](OC[C@H]2O[C@H](O[C@]3(CO)O[C@H](CO)[C@@H](O)[C@@H]3O)[C@H](O)[C@@H](O)[C@@H]2O)[C@H](O)[C@@H](O)[C@H]1O. The van der Waals surface area contributed by atoms with Crippen molar-refractivity contribution in [1.29, 1.82) is 0 Å². The smallest absolute Gasteiger partial charge is 0.224 e. The summed E-state index contributed by atoms with van der Waals surface area (Å²) in [5.74, 6) is -2.36. The quantitative estimate of drug-likeness (QED) is 0.0854. The molecule has 0 saturated carbocycles. The van der Waals surface area contributed by atoms with Gasteiger partial charge in [0.05, 0.1) is 33.0 Å². The summed E-state index contributed by atoms with van der Waals surface area (Å²) in [5, 5.41) is 161. The molecular weight excluding hydrogens is 640 g/mol. The van der Waals surface area contributed by atoms with E-state index in [1.165, 1.54) is 0 Å². The van der Waals surface area contributed by atoms with Crippen LogP contribution in [0.4, 0.5) is 0 Å². The molecule has 0 unspecified atom stereocenters. The van der Waals surface area contributed by atoms with Crippen LogP contribution in [0.2, 0.25) is 0 Å². The molecule has 3 heterocycles. The third-order valence-corrected chi connectivity index (χ3v) is 7.68. The van der Waals surface area contributed by atoms with E-state index in [0.717, 1.165) is 0 Å². The second-order valence-corrected chi connectivity index (χ2v) is 10.9. The molecule has 0 aliphatic carbocycles. The van der Waals surface area contributed by atoms with E-state index in [-0.39, 0.29) is 0 Å². The van der Waals surface area contributed by atoms with E-state index in [4.69, 9.17) is 54.3 Å². The van der Waals surface area contributed by atoms with Crippen molar-refractivity contribution in [2.75, 3.05) is 39.6 Å². The summed E-state index contributed by atoms with van der Waals surface area (Å²) in [6, 6.07) is 0. The van der Waals surface area contributed by atoms with Gasteiger partial charge in [0.15, 0.2) is 12.6 Å². The van der Waals surface area contributed by atoms with Crippen molar-refractivity contribution in [1.82, 2.24) is 0 Å². The topological polar surface area (TPSA) is 390 Å². The van der Waals surface area contributed by atoms with Crippen molar-refractivity contribution >= 4 is 0 Å². The van der Waals surface area contributed by atoms with Crippen LogP contribution >= 0.6 is 0 Å². The highest BCUT2D eigenvalue weighted by Crippen LogP contribution is 2.36. The van der Waals surface area contributed by atoms with E-state index in [1.807, 2.05) is 0 Å². The molecule has 22 heteroatoms. The second-order valence-electron chi connectivity index (χ2n) is 10.9. The van der Waals surface area contributed by atoms with Crippen LogP contribution in [-0.4, -0.2) is 236 Å². The second kappa shape index (κ2) is 18.2. The van der Waals surface area contributed by atoms with Gasteiger partial charge in [-0.05, 0) is 0 Å². The predicted molar refractivity (Wildman–Crippen MR) is 139 cm³/mol. The fraction of sp³-hybridized carbons (Fsp3) is 1.00. The van der Waals surface area contributed by atoms with Gasteiger partial charge in [-0.15, -0.1) is 0 Å². The van der Waals surface area contributed by atoms with Crippen molar-refractivity contribution in [3.05, 3.63) is 0 Å². The molecule has 3 rings (SSSR count). The van der Waals surface area contributed by atoms with Gasteiger partial charge in [-0.1, -0.05) is 0 Å². The number of hydrogen-bond acceptors (Lipinski definition) is 22. The standard InChI is InChI=1S/C18H32O16.C6H14O6/c19-1-5-8(22)11(25)13(27)16(31-5)30-3-7-9(23)12(26)14(28)17(32-7)34-18(4-21)15(29)10(24)6(2-20)33-18;7-1-3(9)5(11)6(12)4(10)2-8/h5-17,19-29H,1-4H2;3-12H,1-2H2/t5-,6-,7-,8+,9-,10-,11+,12+,13-,14-,15+,16+,17-,18+;3-,4-,5-,6-/m11/s1. The van der Waals surface area contributed by atoms with Gasteiger partial charge in [-0.2, -0.15) is 0 Å². The lowest BCUT2D eigenvalue weighted by atomic mass is 9.98. The predicted octanol–water partition coefficient (Wildman–Crippen LogP) is -11.2. The average Bonchev–Trinajstić information content (AvgIpc) is 3.31. The molecule has 274 valence electrons. The first-order valence-corrected chi connectivity index (χ1v) is 14.0. The van der Waals surface area contributed by atoms with Gasteiger partial charge in [0, 0.05) is 0 Å². The molecule has 22 nitrogen and oxygen atoms in total. The third kappa shape index (κ3) is 9.21. The van der Waals surface area contributed by atoms with Crippen LogP contribution in [0.5, 0.6) is 0 Å². The lowest BCUT2D eigenvalue weighted by Gasteiger charge is -2.44. The number of aliphatic hydroxyl groups is 17. The summed E-state index contributed by atoms with van der Waals surface area (Å²) in [6.07, 6.45) is -28.2. The van der Waals surface area contributed by atoms with Crippen molar-refractivity contribution in [3.63, 3.8) is 0 Å². The highest BCUT2D eigenvalue weighted by atomic mass is 16.8. The maximum atomic E-state index is 10.3. The minimum atomic E-state index is -2.36. The molecule has 0 aromatic heterocycles. The van der Waals surface area contributed by atoms with Crippen molar-refractivity contribution < 1.29 is 110 Å². The van der Waals surface area contributed by atoms with E-state index in [2.05, 4.69) is 0 Å². The molecule has 0 radical (unpaired) electrons. The number of rotatable bonds is 13. The maximum Gasteiger partial charge on any atom is 0.224 e. The highest BCUT2D eigenvalue weighted by molar-refractivity contribution is 4.98. The molecule has 46 heavy (non-hydrogen) atoms. The molecular formula is C24H46O22. The Morgan fingerprint density at radius 2 is 1.00 bits per heavy atom. The molecule has 17 N–H and O–H groups in total. The Balaban J connectivity index is 0.000000521. The van der Waals surface area contributed by atoms with Gasteiger partial charge in [0.25, 0.3) is 0 Å². The van der Waals surface area contributed by atoms with E-state index >= 15 is 0 Å². The summed E-state index contributed by atoms with van der Waals surface area (Å²) in [6.45, 7) is -4.59. The lowest BCUT2D eigenvalue weighted by molar-refractivity contribution is -0.388. The third-order valence-electron chi connectivity index (χ3n) is 7.68. The Kier molecular flexibility index (Phi) is 16.3. The minimum absolute atomic E-state index is 0.634. The Labute approximate surface area is 260 Å². The van der Waals surface area contributed by atoms with Crippen molar-refractivity contribution in [2.24, 2.45) is 0 Å². The summed E-state index contributed by atoms with van der Waals surface area (Å²) >= 11 is 0. The zero-order chi connectivity index (χ0) is 35.1. The molecule has 0 aromatic rings. The van der Waals surface area contributed by atoms with Gasteiger partial charge < -0.3 is 110 Å². The highest BCUT2D eigenvalue weighted by Gasteiger charge is 2.58. The average molecular weight is 687 g/mol. The lowest BCUT2D eigenvalue weighted by Crippen LogP contribution is -2.63. The van der Waals surface area contributed by atoms with E-state index in [0.29, 0.717) is 0 Å². The molecule has 0 aromatic carbocycles. The minimum Gasteiger partial charge on any atom is -0.394 e. The van der Waals surface area contributed by atoms with Crippen molar-refractivity contribution in [2.45, 2.75) is 110 Å². The molecule has 3 saturated heterocycles. The fourth-order valence-electron chi connectivity index (χ4n) is 4.68. The van der Waals surface area contributed by atoms with Crippen LogP contribution in [0.3, 0.4) is 0 Å². The fourth-order valence-corrected chi connectivity index (χ4v) is 4.68. The van der Waals surface area contributed by atoms with E-state index in [1.54, 1.807) is 0 Å². The molecule has 18 atom stereocenters. The Hall–Kier alpha value is -0.880. The molecule has 3 aliphatic rings. The normalized spacial score (nSPS) is 44.2. The molecule has 3 aliphatic heterocycles. The van der Waals surface area contributed by atoms with Crippen LogP contribution < -0.4 is 0 Å². The first-order valence-electron chi connectivity index (χ1n) is 14.0. The maximum absolute atomic E-state index is 10.3. The van der Waals surface area contributed by atoms with Crippen molar-refractivity contribution in [3.8, 4) is 0 Å². The summed E-state index contributed by atoms with van der Waals surface area (Å²) in [7, 11) is 0. The van der Waals surface area contributed by atoms with Crippen LogP contribution in [0.1, 0.15) is 0 Å². The zero-order valence-corrected chi connectivity index (χ0v) is 24.2. The van der Waals surface area contributed by atoms with Gasteiger partial charge >= 0.3 is 0 Å². The largest absolute Gasteiger partial charge is 0.394 e. The Morgan fingerprint density at radius 3 is 1.43 bits per heavy atom. The van der Waals surface area contributed by atoms with Crippen LogP contribution in [0.25, 0.3) is 0 Å². The van der Waals surface area contributed by atoms with E-state index in [9.17, 15) is 56.2 Å². The molecule has 0 spiro atoms.